The van der Waals surface area contributed by atoms with Gasteiger partial charge in [-0.3, -0.25) is 4.98 Å². The van der Waals surface area contributed by atoms with Crippen LogP contribution < -0.4 is 10.5 Å². The van der Waals surface area contributed by atoms with Gasteiger partial charge in [-0.05, 0) is 24.3 Å². The number of anilines is 1. The Morgan fingerprint density at radius 2 is 1.74 bits per heavy atom. The van der Waals surface area contributed by atoms with E-state index < -0.39 is 0 Å². The second-order valence-electron chi connectivity index (χ2n) is 4.95. The quantitative estimate of drug-likeness (QED) is 0.629. The molecule has 4 aromatic rings. The molecule has 2 N–H and O–H groups in total. The molecular weight excluding hydrogens is 290 g/mol. The fraction of sp³-hybridized carbons (Fsp3) is 0. The van der Waals surface area contributed by atoms with Crippen LogP contribution in [-0.2, 0) is 0 Å². The summed E-state index contributed by atoms with van der Waals surface area (Å²) in [5.41, 5.74) is 7.37. The summed E-state index contributed by atoms with van der Waals surface area (Å²) in [4.78, 5) is 8.73. The van der Waals surface area contributed by atoms with E-state index in [0.29, 0.717) is 28.7 Å². The van der Waals surface area contributed by atoms with Gasteiger partial charge < -0.3 is 10.5 Å². The van der Waals surface area contributed by atoms with Crippen LogP contribution in [-0.4, -0.2) is 19.6 Å². The van der Waals surface area contributed by atoms with Crippen LogP contribution in [0.1, 0.15) is 0 Å². The van der Waals surface area contributed by atoms with E-state index >= 15 is 0 Å². The van der Waals surface area contributed by atoms with Crippen LogP contribution in [0.4, 0.5) is 5.82 Å². The molecule has 1 aromatic carbocycles. The Labute approximate surface area is 132 Å². The highest BCUT2D eigenvalue weighted by Gasteiger charge is 2.11. The molecule has 0 unspecified atom stereocenters. The third-order valence-electron chi connectivity index (χ3n) is 3.31. The van der Waals surface area contributed by atoms with Crippen LogP contribution in [0.25, 0.3) is 17.2 Å². The van der Waals surface area contributed by atoms with Gasteiger partial charge in [-0.15, -0.1) is 5.10 Å². The summed E-state index contributed by atoms with van der Waals surface area (Å²) in [7, 11) is 0. The number of pyridine rings is 2. The number of aromatic nitrogens is 4. The van der Waals surface area contributed by atoms with Crippen molar-refractivity contribution in [3.05, 3.63) is 66.9 Å². The Morgan fingerprint density at radius 3 is 2.52 bits per heavy atom. The van der Waals surface area contributed by atoms with Gasteiger partial charge in [-0.1, -0.05) is 24.3 Å². The van der Waals surface area contributed by atoms with Gasteiger partial charge in [0.2, 0.25) is 5.82 Å². The van der Waals surface area contributed by atoms with Crippen LogP contribution in [0, 0.1) is 0 Å². The highest BCUT2D eigenvalue weighted by atomic mass is 16.5. The topological polar surface area (TPSA) is 78.3 Å². The van der Waals surface area contributed by atoms with E-state index in [4.69, 9.17) is 10.5 Å². The molecule has 0 saturated carbocycles. The first kappa shape index (κ1) is 13.3. The fourth-order valence-corrected chi connectivity index (χ4v) is 2.27. The lowest BCUT2D eigenvalue weighted by molar-refractivity contribution is 0.482. The first-order valence-electron chi connectivity index (χ1n) is 7.10. The molecule has 0 fully saturated rings. The molecule has 3 heterocycles. The number of nitrogen functional groups attached to an aromatic ring is 1. The van der Waals surface area contributed by atoms with Crippen molar-refractivity contribution in [2.45, 2.75) is 0 Å². The van der Waals surface area contributed by atoms with Gasteiger partial charge >= 0.3 is 0 Å². The molecule has 4 rings (SSSR count). The molecule has 112 valence electrons. The summed E-state index contributed by atoms with van der Waals surface area (Å²) in [5, 5.41) is 4.39. The molecule has 6 heteroatoms. The van der Waals surface area contributed by atoms with Gasteiger partial charge in [0.15, 0.2) is 5.65 Å². The summed E-state index contributed by atoms with van der Waals surface area (Å²) in [6, 6.07) is 18.6. The summed E-state index contributed by atoms with van der Waals surface area (Å²) >= 11 is 0. The second kappa shape index (κ2) is 5.42. The van der Waals surface area contributed by atoms with Crippen LogP contribution in [0.15, 0.2) is 66.9 Å². The molecular formula is C17H13N5O. The normalized spacial score (nSPS) is 10.8. The molecule has 3 aromatic heterocycles. The molecule has 0 radical (unpaired) electrons. The van der Waals surface area contributed by atoms with E-state index in [1.54, 1.807) is 22.8 Å². The maximum absolute atomic E-state index is 6.06. The maximum atomic E-state index is 6.06. The first-order chi connectivity index (χ1) is 11.3. The lowest BCUT2D eigenvalue weighted by Gasteiger charge is -2.06. The van der Waals surface area contributed by atoms with Crippen molar-refractivity contribution in [2.75, 3.05) is 5.73 Å². The van der Waals surface area contributed by atoms with E-state index in [2.05, 4.69) is 15.1 Å². The lowest BCUT2D eigenvalue weighted by Crippen LogP contribution is -1.99. The SMILES string of the molecule is Nc1cc(Oc2ccccc2)cc2nc(-c3ccccn3)nn12. The molecule has 0 amide bonds. The number of hydrogen-bond acceptors (Lipinski definition) is 5. The summed E-state index contributed by atoms with van der Waals surface area (Å²) in [6.07, 6.45) is 1.70. The van der Waals surface area contributed by atoms with E-state index in [1.807, 2.05) is 48.5 Å². The second-order valence-corrected chi connectivity index (χ2v) is 4.95. The van der Waals surface area contributed by atoms with Gasteiger partial charge in [-0.2, -0.15) is 4.52 Å². The number of hydrogen-bond donors (Lipinski definition) is 1. The van der Waals surface area contributed by atoms with Crippen molar-refractivity contribution in [3.8, 4) is 23.0 Å². The smallest absolute Gasteiger partial charge is 0.200 e. The minimum atomic E-state index is 0.447. The molecule has 23 heavy (non-hydrogen) atoms. The molecule has 0 aliphatic carbocycles. The zero-order valence-electron chi connectivity index (χ0n) is 12.1. The number of benzene rings is 1. The van der Waals surface area contributed by atoms with E-state index in [1.165, 1.54) is 0 Å². The average molecular weight is 303 g/mol. The van der Waals surface area contributed by atoms with Gasteiger partial charge in [0.25, 0.3) is 0 Å². The standard InChI is InChI=1S/C17H13N5O/c18-15-10-13(23-12-6-2-1-3-7-12)11-16-20-17(21-22(15)16)14-8-4-5-9-19-14/h1-11H,18H2. The minimum absolute atomic E-state index is 0.447. The Kier molecular flexibility index (Phi) is 3.12. The Balaban J connectivity index is 1.75. The summed E-state index contributed by atoms with van der Waals surface area (Å²) < 4.78 is 7.38. The van der Waals surface area contributed by atoms with Crippen molar-refractivity contribution in [1.29, 1.82) is 0 Å². The summed E-state index contributed by atoms with van der Waals surface area (Å²) in [6.45, 7) is 0. The molecule has 0 aliphatic heterocycles. The molecule has 0 bridgehead atoms. The number of nitrogens with zero attached hydrogens (tertiary/aromatic N) is 4. The number of nitrogens with two attached hydrogens (primary N) is 1. The Hall–Kier alpha value is -3.41. The maximum Gasteiger partial charge on any atom is 0.200 e. The molecule has 6 nitrogen and oxygen atoms in total. The van der Waals surface area contributed by atoms with Crippen molar-refractivity contribution in [3.63, 3.8) is 0 Å². The lowest BCUT2D eigenvalue weighted by atomic mass is 10.3. The molecule has 0 spiro atoms. The van der Waals surface area contributed by atoms with Crippen molar-refractivity contribution in [1.82, 2.24) is 19.6 Å². The van der Waals surface area contributed by atoms with Crippen LogP contribution in [0.3, 0.4) is 0 Å². The van der Waals surface area contributed by atoms with Gasteiger partial charge in [-0.25, -0.2) is 4.98 Å². The van der Waals surface area contributed by atoms with Crippen molar-refractivity contribution in [2.24, 2.45) is 0 Å². The Morgan fingerprint density at radius 1 is 0.913 bits per heavy atom. The molecule has 0 aliphatic rings. The van der Waals surface area contributed by atoms with Crippen molar-refractivity contribution >= 4 is 11.5 Å². The highest BCUT2D eigenvalue weighted by Crippen LogP contribution is 2.25. The first-order valence-corrected chi connectivity index (χ1v) is 7.10. The third-order valence-corrected chi connectivity index (χ3v) is 3.31. The number of ether oxygens (including phenoxy) is 1. The monoisotopic (exact) mass is 303 g/mol. The fourth-order valence-electron chi connectivity index (χ4n) is 2.27. The van der Waals surface area contributed by atoms with Gasteiger partial charge in [0.1, 0.15) is 23.0 Å². The zero-order valence-corrected chi connectivity index (χ0v) is 12.1. The minimum Gasteiger partial charge on any atom is -0.457 e. The van der Waals surface area contributed by atoms with E-state index in [-0.39, 0.29) is 0 Å². The van der Waals surface area contributed by atoms with Crippen LogP contribution in [0.5, 0.6) is 11.5 Å². The van der Waals surface area contributed by atoms with Crippen LogP contribution in [0.2, 0.25) is 0 Å². The number of rotatable bonds is 3. The number of para-hydroxylation sites is 1. The largest absolute Gasteiger partial charge is 0.457 e. The van der Waals surface area contributed by atoms with E-state index in [9.17, 15) is 0 Å². The summed E-state index contributed by atoms with van der Waals surface area (Å²) in [5.74, 6) is 2.32. The highest BCUT2D eigenvalue weighted by molar-refractivity contribution is 5.59. The molecule has 0 saturated heterocycles. The van der Waals surface area contributed by atoms with Crippen LogP contribution >= 0.6 is 0 Å². The third kappa shape index (κ3) is 2.57. The average Bonchev–Trinajstić information content (AvgIpc) is 3.01. The number of fused-ring (bicyclic) bond motifs is 1. The predicted octanol–water partition coefficient (Wildman–Crippen LogP) is 3.17. The molecule has 0 atom stereocenters. The zero-order chi connectivity index (χ0) is 15.6. The van der Waals surface area contributed by atoms with E-state index in [0.717, 1.165) is 5.75 Å². The van der Waals surface area contributed by atoms with Gasteiger partial charge in [0.05, 0.1) is 0 Å². The van der Waals surface area contributed by atoms with Gasteiger partial charge in [0, 0.05) is 18.3 Å². The predicted molar refractivity (Wildman–Crippen MR) is 87.1 cm³/mol. The van der Waals surface area contributed by atoms with Crippen molar-refractivity contribution < 1.29 is 4.74 Å². The Bertz CT molecular complexity index is 951.